The number of hydrogen-bond acceptors (Lipinski definition) is 4. The van der Waals surface area contributed by atoms with Gasteiger partial charge in [0.1, 0.15) is 11.0 Å². The average molecular weight is 537 g/mol. The number of carbonyl (C=O) groups excluding carboxylic acids is 1. The van der Waals surface area contributed by atoms with E-state index in [1.165, 1.54) is 17.3 Å². The van der Waals surface area contributed by atoms with E-state index in [4.69, 9.17) is 4.98 Å². The molecule has 0 saturated heterocycles. The minimum absolute atomic E-state index is 0.116. The van der Waals surface area contributed by atoms with Crippen LogP contribution in [-0.4, -0.2) is 25.8 Å². The topological polar surface area (TPSA) is 68.9 Å². The second kappa shape index (κ2) is 10.9. The molecule has 0 unspecified atom stereocenters. The zero-order chi connectivity index (χ0) is 27.7. The van der Waals surface area contributed by atoms with Gasteiger partial charge in [0.2, 0.25) is 5.91 Å². The Morgan fingerprint density at radius 1 is 0.974 bits per heavy atom. The average Bonchev–Trinajstić information content (AvgIpc) is 3.26. The zero-order valence-corrected chi connectivity index (χ0v) is 23.7. The molecule has 1 N–H and O–H groups in total. The monoisotopic (exact) mass is 536 g/mol. The minimum Gasteiger partial charge on any atom is -0.344 e. The fraction of sp³-hybridized carbons (Fsp3) is 0.219. The number of anilines is 1. The first kappa shape index (κ1) is 26.5. The molecule has 0 aliphatic carbocycles. The number of benzene rings is 3. The Morgan fingerprint density at radius 3 is 2.28 bits per heavy atom. The van der Waals surface area contributed by atoms with Crippen molar-refractivity contribution in [1.82, 2.24) is 14.1 Å². The highest BCUT2D eigenvalue weighted by molar-refractivity contribution is 7.99. The van der Waals surface area contributed by atoms with Gasteiger partial charge in [0.25, 0.3) is 5.56 Å². The number of nitrogens with one attached hydrogen (secondary N) is 1. The molecule has 0 atom stereocenters. The fourth-order valence-electron chi connectivity index (χ4n) is 5.03. The maximum Gasteiger partial charge on any atom is 0.283 e. The molecule has 39 heavy (non-hydrogen) atoms. The van der Waals surface area contributed by atoms with Crippen LogP contribution in [0.1, 0.15) is 29.2 Å². The number of rotatable bonds is 7. The van der Waals surface area contributed by atoms with Crippen molar-refractivity contribution in [3.05, 3.63) is 106 Å². The van der Waals surface area contributed by atoms with E-state index in [1.54, 1.807) is 4.57 Å². The standard InChI is InChI=1S/C32H32N4O2S/c1-6-23-12-14-25(15-13-23)36-31(38)30-29(26(18-35(30)5)24-10-8-7-9-11-24)34-32(36)39-19-27(37)33-28-21(3)16-20(2)17-22(28)4/h7-18H,6,19H2,1-5H3,(H,33,37). The molecule has 0 aliphatic rings. The summed E-state index contributed by atoms with van der Waals surface area (Å²) in [4.78, 5) is 32.1. The molecule has 3 aromatic carbocycles. The number of nitrogens with zero attached hydrogens (tertiary/aromatic N) is 3. The molecule has 1 amide bonds. The van der Waals surface area contributed by atoms with Gasteiger partial charge in [-0.25, -0.2) is 4.98 Å². The van der Waals surface area contributed by atoms with Crippen molar-refractivity contribution < 1.29 is 4.79 Å². The smallest absolute Gasteiger partial charge is 0.283 e. The predicted molar refractivity (Wildman–Crippen MR) is 161 cm³/mol. The molecule has 2 heterocycles. The van der Waals surface area contributed by atoms with Crippen molar-refractivity contribution in [2.24, 2.45) is 7.05 Å². The molecule has 2 aromatic heterocycles. The maximum atomic E-state index is 14.0. The molecule has 7 heteroatoms. The predicted octanol–water partition coefficient (Wildman–Crippen LogP) is 6.61. The zero-order valence-electron chi connectivity index (χ0n) is 22.9. The highest BCUT2D eigenvalue weighted by atomic mass is 32.2. The largest absolute Gasteiger partial charge is 0.344 e. The lowest BCUT2D eigenvalue weighted by molar-refractivity contribution is -0.113. The SMILES string of the molecule is CCc1ccc(-n2c(SCC(=O)Nc3c(C)cc(C)cc3C)nc3c(-c4ccccc4)cn(C)c3c2=O)cc1. The number of aryl methyl sites for hydroxylation is 5. The van der Waals surface area contributed by atoms with Crippen molar-refractivity contribution >= 4 is 34.4 Å². The van der Waals surface area contributed by atoms with Gasteiger partial charge in [-0.1, -0.05) is 78.8 Å². The summed E-state index contributed by atoms with van der Waals surface area (Å²) in [7, 11) is 1.87. The Morgan fingerprint density at radius 2 is 1.64 bits per heavy atom. The molecule has 0 radical (unpaired) electrons. The fourth-order valence-corrected chi connectivity index (χ4v) is 5.84. The number of thioether (sulfide) groups is 1. The molecule has 0 fully saturated rings. The van der Waals surface area contributed by atoms with E-state index in [0.717, 1.165) is 45.6 Å². The summed E-state index contributed by atoms with van der Waals surface area (Å²) in [5.41, 5.74) is 8.80. The van der Waals surface area contributed by atoms with Crippen molar-refractivity contribution in [1.29, 1.82) is 0 Å². The lowest BCUT2D eigenvalue weighted by Gasteiger charge is -2.15. The molecule has 6 nitrogen and oxygen atoms in total. The molecule has 0 saturated carbocycles. The second-order valence-corrected chi connectivity index (χ2v) is 10.8. The minimum atomic E-state index is -0.165. The van der Waals surface area contributed by atoms with Crippen LogP contribution in [-0.2, 0) is 18.3 Å². The van der Waals surface area contributed by atoms with E-state index in [2.05, 4.69) is 24.4 Å². The Balaban J connectivity index is 1.58. The lowest BCUT2D eigenvalue weighted by atomic mass is 10.1. The summed E-state index contributed by atoms with van der Waals surface area (Å²) in [5, 5.41) is 3.54. The van der Waals surface area contributed by atoms with Crippen LogP contribution < -0.4 is 10.9 Å². The van der Waals surface area contributed by atoms with Gasteiger partial charge in [-0.2, -0.15) is 0 Å². The Kier molecular flexibility index (Phi) is 7.44. The number of carbonyl (C=O) groups is 1. The van der Waals surface area contributed by atoms with Crippen molar-refractivity contribution in [2.75, 3.05) is 11.1 Å². The third-order valence-corrected chi connectivity index (χ3v) is 7.86. The number of hydrogen-bond donors (Lipinski definition) is 1. The molecular formula is C32H32N4O2S. The van der Waals surface area contributed by atoms with Crippen LogP contribution in [0.3, 0.4) is 0 Å². The Labute approximate surface area is 232 Å². The highest BCUT2D eigenvalue weighted by Gasteiger charge is 2.21. The van der Waals surface area contributed by atoms with Crippen LogP contribution >= 0.6 is 11.8 Å². The van der Waals surface area contributed by atoms with E-state index >= 15 is 0 Å². The molecular weight excluding hydrogens is 504 g/mol. The van der Waals surface area contributed by atoms with Gasteiger partial charge < -0.3 is 9.88 Å². The Hall–Kier alpha value is -4.10. The third kappa shape index (κ3) is 5.27. The summed E-state index contributed by atoms with van der Waals surface area (Å²) < 4.78 is 3.46. The van der Waals surface area contributed by atoms with E-state index in [1.807, 2.05) is 93.2 Å². The normalized spacial score (nSPS) is 11.2. The van der Waals surface area contributed by atoms with Gasteiger partial charge in [-0.3, -0.25) is 14.2 Å². The number of amides is 1. The molecule has 5 rings (SSSR count). The van der Waals surface area contributed by atoms with E-state index in [9.17, 15) is 9.59 Å². The van der Waals surface area contributed by atoms with E-state index in [0.29, 0.717) is 16.2 Å². The summed E-state index contributed by atoms with van der Waals surface area (Å²) in [6.45, 7) is 8.14. The number of fused-ring (bicyclic) bond motifs is 1. The van der Waals surface area contributed by atoms with Crippen molar-refractivity contribution in [2.45, 2.75) is 39.3 Å². The second-order valence-electron chi connectivity index (χ2n) is 9.88. The van der Waals surface area contributed by atoms with Crippen molar-refractivity contribution in [3.63, 3.8) is 0 Å². The van der Waals surface area contributed by atoms with Crippen LogP contribution in [0.5, 0.6) is 0 Å². The number of aromatic nitrogens is 3. The first-order valence-corrected chi connectivity index (χ1v) is 14.0. The first-order chi connectivity index (χ1) is 18.8. The van der Waals surface area contributed by atoms with Gasteiger partial charge in [0, 0.05) is 24.5 Å². The molecule has 198 valence electrons. The van der Waals surface area contributed by atoms with Gasteiger partial charge in [0.05, 0.1) is 11.4 Å². The molecule has 0 spiro atoms. The quantitative estimate of drug-likeness (QED) is 0.188. The van der Waals surface area contributed by atoms with E-state index < -0.39 is 0 Å². The van der Waals surface area contributed by atoms with Crippen LogP contribution in [0.4, 0.5) is 5.69 Å². The van der Waals surface area contributed by atoms with Gasteiger partial charge >= 0.3 is 0 Å². The summed E-state index contributed by atoms with van der Waals surface area (Å²) in [5.74, 6) is -0.0285. The molecule has 0 bridgehead atoms. The van der Waals surface area contributed by atoms with Gasteiger partial charge in [0.15, 0.2) is 5.16 Å². The lowest BCUT2D eigenvalue weighted by Crippen LogP contribution is -2.24. The summed E-state index contributed by atoms with van der Waals surface area (Å²) in [6, 6.07) is 22.0. The molecule has 5 aromatic rings. The Bertz CT molecular complexity index is 1710. The van der Waals surface area contributed by atoms with Crippen molar-refractivity contribution in [3.8, 4) is 16.8 Å². The van der Waals surface area contributed by atoms with E-state index in [-0.39, 0.29) is 17.2 Å². The highest BCUT2D eigenvalue weighted by Crippen LogP contribution is 2.30. The third-order valence-electron chi connectivity index (χ3n) is 6.92. The van der Waals surface area contributed by atoms with Crippen LogP contribution in [0.15, 0.2) is 82.9 Å². The van der Waals surface area contributed by atoms with Crippen LogP contribution in [0.2, 0.25) is 0 Å². The van der Waals surface area contributed by atoms with Crippen LogP contribution in [0.25, 0.3) is 27.8 Å². The van der Waals surface area contributed by atoms with Gasteiger partial charge in [-0.05, 0) is 61.6 Å². The molecule has 0 aliphatic heterocycles. The summed E-state index contributed by atoms with van der Waals surface area (Å²) >= 11 is 1.27. The first-order valence-electron chi connectivity index (χ1n) is 13.0. The van der Waals surface area contributed by atoms with Gasteiger partial charge in [-0.15, -0.1) is 0 Å². The summed E-state index contributed by atoms with van der Waals surface area (Å²) in [6.07, 6.45) is 2.85. The maximum absolute atomic E-state index is 14.0. The van der Waals surface area contributed by atoms with Crippen LogP contribution in [0, 0.1) is 20.8 Å².